The number of hydrogen-bond acceptors (Lipinski definition) is 4. The molecule has 0 aliphatic heterocycles. The Morgan fingerprint density at radius 2 is 1.38 bits per heavy atom. The number of aliphatic hydroxyl groups is 1. The van der Waals surface area contributed by atoms with Crippen LogP contribution in [0.4, 0.5) is 0 Å². The van der Waals surface area contributed by atoms with E-state index in [0.29, 0.717) is 11.1 Å². The number of halogens is 2. The number of nitrogens with one attached hydrogen (secondary N) is 1. The monoisotopic (exact) mass is 607 g/mol. The maximum absolute atomic E-state index is 13.9. The molecule has 3 rings (SSSR count). The summed E-state index contributed by atoms with van der Waals surface area (Å²) in [5.74, 6) is 0. The van der Waals surface area contributed by atoms with Gasteiger partial charge in [-0.15, -0.1) is 0 Å². The topological polar surface area (TPSA) is 75.6 Å². The van der Waals surface area contributed by atoms with Gasteiger partial charge >= 0.3 is 0 Å². The van der Waals surface area contributed by atoms with Gasteiger partial charge in [0.05, 0.1) is 17.2 Å². The van der Waals surface area contributed by atoms with Crippen molar-refractivity contribution in [3.63, 3.8) is 0 Å². The molecule has 3 aromatic carbocycles. The number of hydrogen-bond donors (Lipinski definition) is 2. The Hall–Kier alpha value is -1.71. The maximum atomic E-state index is 13.9. The van der Waals surface area contributed by atoms with Gasteiger partial charge in [-0.25, -0.2) is 13.1 Å². The van der Waals surface area contributed by atoms with Crippen molar-refractivity contribution in [3.8, 4) is 0 Å². The molecule has 9 heteroatoms. The number of benzene rings is 3. The van der Waals surface area contributed by atoms with E-state index in [9.17, 15) is 13.5 Å². The van der Waals surface area contributed by atoms with E-state index in [-0.39, 0.29) is 20.0 Å². The third-order valence-electron chi connectivity index (χ3n) is 7.73. The van der Waals surface area contributed by atoms with Gasteiger partial charge in [0.1, 0.15) is 10.5 Å². The van der Waals surface area contributed by atoms with Crippen molar-refractivity contribution in [1.82, 2.24) is 4.72 Å². The lowest BCUT2D eigenvalue weighted by Crippen LogP contribution is -2.60. The molecule has 0 spiro atoms. The Kier molecular flexibility index (Phi) is 10.1. The van der Waals surface area contributed by atoms with E-state index in [1.807, 2.05) is 43.3 Å². The zero-order chi connectivity index (χ0) is 29.1. The molecule has 0 saturated heterocycles. The van der Waals surface area contributed by atoms with Crippen LogP contribution >= 0.6 is 23.2 Å². The first-order chi connectivity index (χ1) is 18.2. The minimum absolute atomic E-state index is 0.0303. The zero-order valence-corrected chi connectivity index (χ0v) is 26.7. The van der Waals surface area contributed by atoms with E-state index in [2.05, 4.69) is 39.3 Å². The highest BCUT2D eigenvalue weighted by atomic mass is 35.5. The second-order valence-corrected chi connectivity index (χ2v) is 18.6. The first kappa shape index (κ1) is 31.8. The third-order valence-corrected chi connectivity index (χ3v) is 15.7. The summed E-state index contributed by atoms with van der Waals surface area (Å²) in [7, 11) is -6.67. The van der Waals surface area contributed by atoms with Crippen molar-refractivity contribution in [2.24, 2.45) is 0 Å². The lowest BCUT2D eigenvalue weighted by molar-refractivity contribution is -0.00354. The van der Waals surface area contributed by atoms with Crippen LogP contribution in [0.3, 0.4) is 0 Å². The second kappa shape index (κ2) is 12.4. The van der Waals surface area contributed by atoms with Gasteiger partial charge in [-0.1, -0.05) is 118 Å². The van der Waals surface area contributed by atoms with E-state index >= 15 is 0 Å². The zero-order valence-electron chi connectivity index (χ0n) is 23.4. The summed E-state index contributed by atoms with van der Waals surface area (Å²) in [5.41, 5.74) is -0.709. The van der Waals surface area contributed by atoms with Crippen LogP contribution in [-0.4, -0.2) is 34.0 Å². The molecule has 0 bridgehead atoms. The van der Waals surface area contributed by atoms with Crippen molar-refractivity contribution in [2.75, 3.05) is 0 Å². The van der Waals surface area contributed by atoms with E-state index in [1.165, 1.54) is 18.2 Å². The molecule has 0 saturated carbocycles. The van der Waals surface area contributed by atoms with E-state index in [1.54, 1.807) is 24.3 Å². The molecule has 0 radical (unpaired) electrons. The van der Waals surface area contributed by atoms with Gasteiger partial charge in [0, 0.05) is 5.02 Å². The molecule has 0 aromatic heterocycles. The molecule has 2 N–H and O–H groups in total. The fraction of sp³-hybridized carbons (Fsp3) is 0.400. The highest BCUT2D eigenvalue weighted by Gasteiger charge is 2.50. The van der Waals surface area contributed by atoms with Crippen molar-refractivity contribution in [1.29, 1.82) is 0 Å². The summed E-state index contributed by atoms with van der Waals surface area (Å²) >= 11 is 12.5. The molecule has 5 nitrogen and oxygen atoms in total. The summed E-state index contributed by atoms with van der Waals surface area (Å²) in [6.07, 6.45) is -0.714. The summed E-state index contributed by atoms with van der Waals surface area (Å²) < 4.78 is 37.6. The summed E-state index contributed by atoms with van der Waals surface area (Å²) in [4.78, 5) is -0.164. The molecule has 2 atom stereocenters. The van der Waals surface area contributed by atoms with Gasteiger partial charge in [0.15, 0.2) is 8.32 Å². The van der Waals surface area contributed by atoms with Crippen molar-refractivity contribution >= 4 is 41.5 Å². The second-order valence-electron chi connectivity index (χ2n) is 10.9. The average molecular weight is 609 g/mol. The highest BCUT2D eigenvalue weighted by molar-refractivity contribution is 7.89. The largest absolute Gasteiger partial charge is 0.412 e. The highest BCUT2D eigenvalue weighted by Crippen LogP contribution is 2.45. The summed E-state index contributed by atoms with van der Waals surface area (Å²) in [5, 5.41) is 12.9. The predicted octanol–water partition coefficient (Wildman–Crippen LogP) is 7.77. The molecule has 0 aliphatic rings. The molecule has 2 unspecified atom stereocenters. The lowest BCUT2D eigenvalue weighted by Gasteiger charge is -2.47. The number of sulfonamides is 1. The van der Waals surface area contributed by atoms with Crippen LogP contribution in [0.1, 0.15) is 52.7 Å². The maximum Gasteiger partial charge on any atom is 0.242 e. The standard InChI is InChI=1S/C30H39Cl2NO4SSi/c1-7-39(8-2,29(4,5)6)37-22(3)28(33-38(35,36)27-21-25(31)19-20-26(27)32)30(34,23-15-11-9-12-16-23)24-17-13-10-14-18-24/h9-22,28,33-34H,7-8H2,1-6H3. The first-order valence-corrected chi connectivity index (χ1v) is 17.8. The Balaban J connectivity index is 2.27. The van der Waals surface area contributed by atoms with Crippen molar-refractivity contribution < 1.29 is 18.0 Å². The van der Waals surface area contributed by atoms with E-state index < -0.39 is 36.1 Å². The molecule has 212 valence electrons. The molecule has 3 aromatic rings. The minimum atomic E-state index is -4.25. The molecule has 0 amide bonds. The average Bonchev–Trinajstić information content (AvgIpc) is 2.91. The Morgan fingerprint density at radius 1 is 0.897 bits per heavy atom. The Morgan fingerprint density at radius 3 is 1.82 bits per heavy atom. The molecular weight excluding hydrogens is 569 g/mol. The summed E-state index contributed by atoms with van der Waals surface area (Å²) in [6, 6.07) is 23.0. The quantitative estimate of drug-likeness (QED) is 0.218. The van der Waals surface area contributed by atoms with Crippen molar-refractivity contribution in [3.05, 3.63) is 100 Å². The third kappa shape index (κ3) is 6.62. The van der Waals surface area contributed by atoms with Crippen molar-refractivity contribution in [2.45, 2.75) is 81.3 Å². The molecule has 0 heterocycles. The van der Waals surface area contributed by atoms with Gasteiger partial charge < -0.3 is 9.53 Å². The molecule has 0 fully saturated rings. The van der Waals surface area contributed by atoms with Crippen LogP contribution in [0.25, 0.3) is 0 Å². The SMILES string of the molecule is CC[Si](CC)(OC(C)C(NS(=O)(=O)c1cc(Cl)ccc1Cl)C(O)(c1ccccc1)c1ccccc1)C(C)(C)C. The van der Waals surface area contributed by atoms with E-state index in [4.69, 9.17) is 27.6 Å². The van der Waals surface area contributed by atoms with Crippen LogP contribution < -0.4 is 4.72 Å². The fourth-order valence-electron chi connectivity index (χ4n) is 5.42. The van der Waals surface area contributed by atoms with Gasteiger partial charge in [-0.3, -0.25) is 0 Å². The Bertz CT molecular complexity index is 1300. The smallest absolute Gasteiger partial charge is 0.242 e. The van der Waals surface area contributed by atoms with Crippen LogP contribution in [-0.2, 0) is 20.1 Å². The summed E-state index contributed by atoms with van der Waals surface area (Å²) in [6.45, 7) is 12.6. The fourth-order valence-corrected chi connectivity index (χ4v) is 11.7. The molecule has 39 heavy (non-hydrogen) atoms. The van der Waals surface area contributed by atoms with Crippen LogP contribution in [0, 0.1) is 0 Å². The first-order valence-electron chi connectivity index (χ1n) is 13.2. The minimum Gasteiger partial charge on any atom is -0.412 e. The molecule has 0 aliphatic carbocycles. The Labute approximate surface area is 244 Å². The molecular formula is C30H39Cl2NO4SSi. The van der Waals surface area contributed by atoms with Gasteiger partial charge in [0.25, 0.3) is 0 Å². The van der Waals surface area contributed by atoms with Gasteiger partial charge in [0.2, 0.25) is 10.0 Å². The lowest BCUT2D eigenvalue weighted by atomic mass is 9.78. The number of rotatable bonds is 11. The van der Waals surface area contributed by atoms with Crippen LogP contribution in [0.15, 0.2) is 83.8 Å². The van der Waals surface area contributed by atoms with Crippen LogP contribution in [0.5, 0.6) is 0 Å². The predicted molar refractivity (Wildman–Crippen MR) is 163 cm³/mol. The van der Waals surface area contributed by atoms with E-state index in [0.717, 1.165) is 12.1 Å². The van der Waals surface area contributed by atoms with Gasteiger partial charge in [-0.2, -0.15) is 0 Å². The van der Waals surface area contributed by atoms with Gasteiger partial charge in [-0.05, 0) is 53.4 Å². The normalized spacial score (nSPS) is 14.7. The van der Waals surface area contributed by atoms with Crippen LogP contribution in [0.2, 0.25) is 27.2 Å².